The quantitative estimate of drug-likeness (QED) is 0.748. The molecule has 1 aromatic carbocycles. The first-order valence-corrected chi connectivity index (χ1v) is 11.1. The molecule has 0 spiro atoms. The number of imide groups is 1. The summed E-state index contributed by atoms with van der Waals surface area (Å²) in [6, 6.07) is 12.2. The first kappa shape index (κ1) is 20.1. The number of thiophene rings is 1. The van der Waals surface area contributed by atoms with Gasteiger partial charge in [-0.1, -0.05) is 51.1 Å². The van der Waals surface area contributed by atoms with E-state index in [2.05, 4.69) is 60.6 Å². The third-order valence-electron chi connectivity index (χ3n) is 6.16. The highest BCUT2D eigenvalue weighted by Crippen LogP contribution is 2.36. The molecular formula is C23H29N3O2S. The van der Waals surface area contributed by atoms with E-state index in [1.807, 2.05) is 12.1 Å². The van der Waals surface area contributed by atoms with Gasteiger partial charge >= 0.3 is 6.03 Å². The number of benzene rings is 1. The van der Waals surface area contributed by atoms with Crippen LogP contribution in [0.2, 0.25) is 0 Å². The molecule has 6 heteroatoms. The summed E-state index contributed by atoms with van der Waals surface area (Å²) in [6.45, 7) is 9.52. The average molecular weight is 412 g/mol. The Labute approximate surface area is 176 Å². The van der Waals surface area contributed by atoms with E-state index < -0.39 is 5.54 Å². The predicted octanol–water partition coefficient (Wildman–Crippen LogP) is 4.61. The molecule has 1 N–H and O–H groups in total. The molecule has 1 aromatic heterocycles. The fourth-order valence-corrected chi connectivity index (χ4v) is 5.20. The van der Waals surface area contributed by atoms with Gasteiger partial charge in [0.2, 0.25) is 0 Å². The molecule has 2 atom stereocenters. The van der Waals surface area contributed by atoms with Crippen LogP contribution in [0.3, 0.4) is 0 Å². The van der Waals surface area contributed by atoms with Crippen molar-refractivity contribution in [3.63, 3.8) is 0 Å². The smallest absolute Gasteiger partial charge is 0.319 e. The van der Waals surface area contributed by atoms with Crippen LogP contribution >= 0.6 is 11.3 Å². The predicted molar refractivity (Wildman–Crippen MR) is 116 cm³/mol. The monoisotopic (exact) mass is 411 g/mol. The molecular weight excluding hydrogens is 382 g/mol. The fourth-order valence-electron chi connectivity index (χ4n) is 4.30. The van der Waals surface area contributed by atoms with Crippen molar-refractivity contribution in [3.8, 4) is 0 Å². The highest BCUT2D eigenvalue weighted by atomic mass is 32.1. The molecule has 29 heavy (non-hydrogen) atoms. The van der Waals surface area contributed by atoms with Gasteiger partial charge < -0.3 is 5.32 Å². The summed E-state index contributed by atoms with van der Waals surface area (Å²) in [4.78, 5) is 31.0. The Kier molecular flexibility index (Phi) is 5.03. The van der Waals surface area contributed by atoms with Crippen molar-refractivity contribution in [1.29, 1.82) is 0 Å². The SMILES string of the molecule is CC(C)(C)c1ccc([C@@]2(C)NC(=O)N(CN3CCC[C@H]3c3cccs3)C2=O)cc1. The first-order chi connectivity index (χ1) is 13.7. The van der Waals surface area contributed by atoms with Crippen molar-refractivity contribution in [2.24, 2.45) is 0 Å². The van der Waals surface area contributed by atoms with E-state index in [1.54, 1.807) is 18.3 Å². The lowest BCUT2D eigenvalue weighted by molar-refractivity contribution is -0.132. The topological polar surface area (TPSA) is 52.7 Å². The highest BCUT2D eigenvalue weighted by Gasteiger charge is 2.50. The fraction of sp³-hybridized carbons (Fsp3) is 0.478. The molecule has 3 amide bonds. The molecule has 0 bridgehead atoms. The van der Waals surface area contributed by atoms with Crippen LogP contribution in [0, 0.1) is 0 Å². The van der Waals surface area contributed by atoms with Crippen LogP contribution in [0.4, 0.5) is 4.79 Å². The zero-order chi connectivity index (χ0) is 20.8. The molecule has 2 saturated heterocycles. The Morgan fingerprint density at radius 1 is 1.17 bits per heavy atom. The second kappa shape index (κ2) is 7.26. The maximum Gasteiger partial charge on any atom is 0.326 e. The van der Waals surface area contributed by atoms with Crippen molar-refractivity contribution < 1.29 is 9.59 Å². The number of amides is 3. The van der Waals surface area contributed by atoms with Crippen molar-refractivity contribution >= 4 is 23.3 Å². The Bertz CT molecular complexity index is 901. The van der Waals surface area contributed by atoms with Crippen LogP contribution in [-0.4, -0.2) is 35.0 Å². The number of carbonyl (C=O) groups excluding carboxylic acids is 2. The summed E-state index contributed by atoms with van der Waals surface area (Å²) in [5.74, 6) is -0.178. The van der Waals surface area contributed by atoms with Gasteiger partial charge in [0.05, 0.1) is 6.67 Å². The lowest BCUT2D eigenvalue weighted by Gasteiger charge is -2.28. The van der Waals surface area contributed by atoms with Gasteiger partial charge in [-0.15, -0.1) is 11.3 Å². The molecule has 4 rings (SSSR count). The van der Waals surface area contributed by atoms with Crippen molar-refractivity contribution in [1.82, 2.24) is 15.1 Å². The van der Waals surface area contributed by atoms with Crippen LogP contribution in [0.25, 0.3) is 0 Å². The van der Waals surface area contributed by atoms with Crippen molar-refractivity contribution in [2.75, 3.05) is 13.2 Å². The molecule has 2 fully saturated rings. The standard InChI is InChI=1S/C23H29N3O2S/c1-22(2,3)16-9-11-17(12-10-16)23(4)20(27)26(21(28)24-23)15-25-13-5-7-18(25)19-8-6-14-29-19/h6,8-12,14,18H,5,7,13,15H2,1-4H3,(H,24,28)/t18-,23+/m0/s1. The normalized spacial score (nSPS) is 25.7. The highest BCUT2D eigenvalue weighted by molar-refractivity contribution is 7.10. The average Bonchev–Trinajstić information content (AvgIpc) is 3.39. The number of hydrogen-bond acceptors (Lipinski definition) is 4. The minimum Gasteiger partial charge on any atom is -0.319 e. The number of carbonyl (C=O) groups is 2. The summed E-state index contributed by atoms with van der Waals surface area (Å²) in [5, 5.41) is 5.02. The van der Waals surface area contributed by atoms with Gasteiger partial charge in [0.1, 0.15) is 5.54 Å². The van der Waals surface area contributed by atoms with Crippen LogP contribution in [0.1, 0.15) is 62.6 Å². The van der Waals surface area contributed by atoms with Crippen molar-refractivity contribution in [2.45, 2.75) is 57.5 Å². The number of likely N-dealkylation sites (tertiary alicyclic amines) is 1. The van der Waals surface area contributed by atoms with Gasteiger partial charge in [-0.05, 0) is 47.8 Å². The molecule has 154 valence electrons. The second-order valence-corrected chi connectivity index (χ2v) is 10.2. The second-order valence-electron chi connectivity index (χ2n) is 9.24. The minimum absolute atomic E-state index is 0.0426. The summed E-state index contributed by atoms with van der Waals surface area (Å²) in [7, 11) is 0. The minimum atomic E-state index is -1.02. The van der Waals surface area contributed by atoms with E-state index in [1.165, 1.54) is 15.3 Å². The van der Waals surface area contributed by atoms with Gasteiger partial charge in [0.15, 0.2) is 0 Å². The Hall–Kier alpha value is -2.18. The van der Waals surface area contributed by atoms with Crippen molar-refractivity contribution in [3.05, 3.63) is 57.8 Å². The molecule has 0 radical (unpaired) electrons. The van der Waals surface area contributed by atoms with Gasteiger partial charge in [-0.25, -0.2) is 9.69 Å². The van der Waals surface area contributed by atoms with E-state index in [0.29, 0.717) is 6.67 Å². The van der Waals surface area contributed by atoms with E-state index in [9.17, 15) is 9.59 Å². The maximum atomic E-state index is 13.3. The first-order valence-electron chi connectivity index (χ1n) is 10.2. The number of rotatable bonds is 4. The Morgan fingerprint density at radius 2 is 1.90 bits per heavy atom. The van der Waals surface area contributed by atoms with Gasteiger partial charge in [-0.2, -0.15) is 0 Å². The largest absolute Gasteiger partial charge is 0.326 e. The summed E-state index contributed by atoms with van der Waals surface area (Å²) in [6.07, 6.45) is 2.15. The molecule has 0 saturated carbocycles. The number of nitrogens with one attached hydrogen (secondary N) is 1. The lowest BCUT2D eigenvalue weighted by atomic mass is 9.84. The van der Waals surface area contributed by atoms with Crippen LogP contribution < -0.4 is 5.32 Å². The zero-order valence-corrected chi connectivity index (χ0v) is 18.4. The Morgan fingerprint density at radius 3 is 2.52 bits per heavy atom. The molecule has 0 unspecified atom stereocenters. The number of nitrogens with zero attached hydrogens (tertiary/aromatic N) is 2. The number of hydrogen-bond donors (Lipinski definition) is 1. The molecule has 2 aliphatic heterocycles. The van der Waals surface area contributed by atoms with E-state index in [-0.39, 0.29) is 23.4 Å². The summed E-state index contributed by atoms with van der Waals surface area (Å²) in [5.41, 5.74) is 1.05. The van der Waals surface area contributed by atoms with E-state index in [0.717, 1.165) is 24.9 Å². The van der Waals surface area contributed by atoms with E-state index >= 15 is 0 Å². The van der Waals surface area contributed by atoms with E-state index in [4.69, 9.17) is 0 Å². The third-order valence-corrected chi connectivity index (χ3v) is 7.14. The van der Waals surface area contributed by atoms with Crippen LogP contribution in [0.5, 0.6) is 0 Å². The molecule has 3 heterocycles. The maximum absolute atomic E-state index is 13.3. The molecule has 2 aliphatic rings. The van der Waals surface area contributed by atoms with Crippen LogP contribution in [-0.2, 0) is 15.7 Å². The number of urea groups is 1. The van der Waals surface area contributed by atoms with Gasteiger partial charge in [0, 0.05) is 17.5 Å². The summed E-state index contributed by atoms with van der Waals surface area (Å²) >= 11 is 1.74. The Balaban J connectivity index is 1.54. The molecule has 0 aliphatic carbocycles. The van der Waals surface area contributed by atoms with Crippen LogP contribution in [0.15, 0.2) is 41.8 Å². The van der Waals surface area contributed by atoms with Gasteiger partial charge in [0.25, 0.3) is 5.91 Å². The molecule has 2 aromatic rings. The summed E-state index contributed by atoms with van der Waals surface area (Å²) < 4.78 is 0. The van der Waals surface area contributed by atoms with Gasteiger partial charge in [-0.3, -0.25) is 9.69 Å². The third kappa shape index (κ3) is 3.60. The molecule has 5 nitrogen and oxygen atoms in total. The zero-order valence-electron chi connectivity index (χ0n) is 17.6. The lowest BCUT2D eigenvalue weighted by Crippen LogP contribution is -2.43.